The van der Waals surface area contributed by atoms with E-state index in [4.69, 9.17) is 11.6 Å². The fourth-order valence-electron chi connectivity index (χ4n) is 3.33. The summed E-state index contributed by atoms with van der Waals surface area (Å²) in [5.74, 6) is 0. The van der Waals surface area contributed by atoms with Crippen LogP contribution < -0.4 is 5.32 Å². The van der Waals surface area contributed by atoms with Crippen LogP contribution in [-0.2, 0) is 19.3 Å². The Morgan fingerprint density at radius 2 is 1.90 bits per heavy atom. The molecule has 21 heavy (non-hydrogen) atoms. The Morgan fingerprint density at radius 1 is 1.14 bits per heavy atom. The molecule has 1 aliphatic rings. The molecule has 0 amide bonds. The van der Waals surface area contributed by atoms with E-state index in [2.05, 4.69) is 55.6 Å². The molecule has 0 saturated carbocycles. The van der Waals surface area contributed by atoms with Crippen LogP contribution in [0.15, 0.2) is 42.5 Å². The lowest BCUT2D eigenvalue weighted by Gasteiger charge is -2.20. The molecule has 1 N–H and O–H groups in total. The highest BCUT2D eigenvalue weighted by molar-refractivity contribution is 6.30. The maximum absolute atomic E-state index is 6.08. The molecule has 2 aromatic rings. The lowest BCUT2D eigenvalue weighted by molar-refractivity contribution is 0.453. The second kappa shape index (κ2) is 6.21. The summed E-state index contributed by atoms with van der Waals surface area (Å²) in [5.41, 5.74) is 5.67. The lowest BCUT2D eigenvalue weighted by atomic mass is 10.0. The third kappa shape index (κ3) is 3.48. The molecule has 2 heteroatoms. The number of nitrogens with one attached hydrogen (secondary N) is 1. The van der Waals surface area contributed by atoms with Crippen molar-refractivity contribution in [2.24, 2.45) is 0 Å². The Hall–Kier alpha value is -1.31. The van der Waals surface area contributed by atoms with E-state index < -0.39 is 0 Å². The number of hydrogen-bond donors (Lipinski definition) is 1. The molecule has 0 aromatic heterocycles. The second-order valence-electron chi connectivity index (χ2n) is 6.22. The van der Waals surface area contributed by atoms with E-state index in [0.717, 1.165) is 24.3 Å². The third-order valence-electron chi connectivity index (χ3n) is 4.41. The summed E-state index contributed by atoms with van der Waals surface area (Å²) in [6.07, 6.45) is 3.29. The normalized spacial score (nSPS) is 18.5. The number of benzene rings is 2. The SMILES string of the molecule is Cc1ccccc1CC(C)NC1Cc2ccc(Cl)cc2C1. The summed E-state index contributed by atoms with van der Waals surface area (Å²) < 4.78 is 0. The van der Waals surface area contributed by atoms with E-state index in [0.29, 0.717) is 12.1 Å². The van der Waals surface area contributed by atoms with Crippen LogP contribution in [-0.4, -0.2) is 12.1 Å². The molecule has 1 nitrogen and oxygen atoms in total. The zero-order valence-corrected chi connectivity index (χ0v) is 13.5. The minimum Gasteiger partial charge on any atom is -0.311 e. The van der Waals surface area contributed by atoms with Gasteiger partial charge in [-0.1, -0.05) is 41.9 Å². The molecular weight excluding hydrogens is 278 g/mol. The summed E-state index contributed by atoms with van der Waals surface area (Å²) >= 11 is 6.08. The van der Waals surface area contributed by atoms with Crippen LogP contribution in [0.1, 0.15) is 29.2 Å². The molecule has 0 fully saturated rings. The fraction of sp³-hybridized carbons (Fsp3) is 0.368. The molecule has 0 heterocycles. The summed E-state index contributed by atoms with van der Waals surface area (Å²) in [6, 6.07) is 16.0. The van der Waals surface area contributed by atoms with Crippen molar-refractivity contribution in [3.8, 4) is 0 Å². The minimum atomic E-state index is 0.487. The number of hydrogen-bond acceptors (Lipinski definition) is 1. The first-order valence-electron chi connectivity index (χ1n) is 7.69. The van der Waals surface area contributed by atoms with E-state index in [1.165, 1.54) is 22.3 Å². The molecule has 0 bridgehead atoms. The van der Waals surface area contributed by atoms with E-state index in [-0.39, 0.29) is 0 Å². The van der Waals surface area contributed by atoms with Gasteiger partial charge in [-0.05, 0) is 67.5 Å². The summed E-state index contributed by atoms with van der Waals surface area (Å²) in [4.78, 5) is 0. The first kappa shape index (κ1) is 14.6. The fourth-order valence-corrected chi connectivity index (χ4v) is 3.53. The van der Waals surface area contributed by atoms with Gasteiger partial charge in [0.1, 0.15) is 0 Å². The van der Waals surface area contributed by atoms with Crippen LogP contribution in [0, 0.1) is 6.92 Å². The van der Waals surface area contributed by atoms with E-state index in [1.807, 2.05) is 6.07 Å². The highest BCUT2D eigenvalue weighted by atomic mass is 35.5. The van der Waals surface area contributed by atoms with Gasteiger partial charge in [-0.3, -0.25) is 0 Å². The average molecular weight is 300 g/mol. The van der Waals surface area contributed by atoms with Crippen LogP contribution in [0.2, 0.25) is 5.02 Å². The molecule has 2 unspecified atom stereocenters. The Balaban J connectivity index is 1.60. The summed E-state index contributed by atoms with van der Waals surface area (Å²) in [6.45, 7) is 4.47. The van der Waals surface area contributed by atoms with Crippen molar-refractivity contribution in [2.45, 2.75) is 45.2 Å². The highest BCUT2D eigenvalue weighted by Gasteiger charge is 2.22. The third-order valence-corrected chi connectivity index (χ3v) is 4.64. The Bertz CT molecular complexity index is 635. The zero-order chi connectivity index (χ0) is 14.8. The van der Waals surface area contributed by atoms with Gasteiger partial charge in [0.05, 0.1) is 0 Å². The predicted octanol–water partition coefficient (Wildman–Crippen LogP) is 4.34. The molecular formula is C19H22ClN. The smallest absolute Gasteiger partial charge is 0.0408 e. The Kier molecular flexibility index (Phi) is 4.32. The Labute approximate surface area is 132 Å². The topological polar surface area (TPSA) is 12.0 Å². The maximum atomic E-state index is 6.08. The molecule has 0 aliphatic heterocycles. The standard InChI is InChI=1S/C19H22ClN/c1-13-5-3-4-6-15(13)9-14(2)21-19-11-16-7-8-18(20)10-17(16)12-19/h3-8,10,14,19,21H,9,11-12H2,1-2H3. The van der Waals surface area contributed by atoms with Gasteiger partial charge in [0.2, 0.25) is 0 Å². The molecule has 110 valence electrons. The van der Waals surface area contributed by atoms with Crippen LogP contribution >= 0.6 is 11.6 Å². The molecule has 2 aromatic carbocycles. The number of aryl methyl sites for hydroxylation is 1. The maximum Gasteiger partial charge on any atom is 0.0408 e. The second-order valence-corrected chi connectivity index (χ2v) is 6.65. The average Bonchev–Trinajstić information content (AvgIpc) is 2.82. The predicted molar refractivity (Wildman–Crippen MR) is 90.1 cm³/mol. The number of rotatable bonds is 4. The van der Waals surface area contributed by atoms with Gasteiger partial charge < -0.3 is 5.32 Å². The quantitative estimate of drug-likeness (QED) is 0.886. The van der Waals surface area contributed by atoms with Gasteiger partial charge in [0.25, 0.3) is 0 Å². The van der Waals surface area contributed by atoms with Gasteiger partial charge in [-0.2, -0.15) is 0 Å². The van der Waals surface area contributed by atoms with Gasteiger partial charge in [0.15, 0.2) is 0 Å². The van der Waals surface area contributed by atoms with Crippen molar-refractivity contribution in [3.63, 3.8) is 0 Å². The Morgan fingerprint density at radius 3 is 2.71 bits per heavy atom. The van der Waals surface area contributed by atoms with Crippen molar-refractivity contribution < 1.29 is 0 Å². The molecule has 2 atom stereocenters. The number of halogens is 1. The van der Waals surface area contributed by atoms with Crippen molar-refractivity contribution in [1.29, 1.82) is 0 Å². The van der Waals surface area contributed by atoms with Crippen LogP contribution in [0.4, 0.5) is 0 Å². The first-order valence-corrected chi connectivity index (χ1v) is 8.07. The van der Waals surface area contributed by atoms with Crippen molar-refractivity contribution >= 4 is 11.6 Å². The lowest BCUT2D eigenvalue weighted by Crippen LogP contribution is -2.38. The molecule has 0 saturated heterocycles. The minimum absolute atomic E-state index is 0.487. The van der Waals surface area contributed by atoms with E-state index in [9.17, 15) is 0 Å². The van der Waals surface area contributed by atoms with Gasteiger partial charge in [-0.25, -0.2) is 0 Å². The molecule has 1 aliphatic carbocycles. The van der Waals surface area contributed by atoms with Crippen LogP contribution in [0.25, 0.3) is 0 Å². The van der Waals surface area contributed by atoms with Gasteiger partial charge >= 0.3 is 0 Å². The van der Waals surface area contributed by atoms with Crippen molar-refractivity contribution in [2.75, 3.05) is 0 Å². The van der Waals surface area contributed by atoms with E-state index in [1.54, 1.807) is 0 Å². The monoisotopic (exact) mass is 299 g/mol. The number of fused-ring (bicyclic) bond motifs is 1. The van der Waals surface area contributed by atoms with Gasteiger partial charge in [-0.15, -0.1) is 0 Å². The summed E-state index contributed by atoms with van der Waals surface area (Å²) in [5, 5.41) is 4.63. The van der Waals surface area contributed by atoms with E-state index >= 15 is 0 Å². The largest absolute Gasteiger partial charge is 0.311 e. The summed E-state index contributed by atoms with van der Waals surface area (Å²) in [7, 11) is 0. The van der Waals surface area contributed by atoms with Crippen molar-refractivity contribution in [3.05, 3.63) is 69.7 Å². The zero-order valence-electron chi connectivity index (χ0n) is 12.7. The molecule has 0 radical (unpaired) electrons. The van der Waals surface area contributed by atoms with Gasteiger partial charge in [0, 0.05) is 17.1 Å². The molecule has 3 rings (SSSR count). The van der Waals surface area contributed by atoms with Crippen LogP contribution in [0.5, 0.6) is 0 Å². The van der Waals surface area contributed by atoms with Crippen LogP contribution in [0.3, 0.4) is 0 Å². The molecule has 0 spiro atoms. The first-order chi connectivity index (χ1) is 10.1. The van der Waals surface area contributed by atoms with Crippen molar-refractivity contribution in [1.82, 2.24) is 5.32 Å². The highest BCUT2D eigenvalue weighted by Crippen LogP contribution is 2.25.